The second-order valence-electron chi connectivity index (χ2n) is 6.86. The zero-order chi connectivity index (χ0) is 17.8. The first-order chi connectivity index (χ1) is 12.8. The molecule has 1 aliphatic rings. The summed E-state index contributed by atoms with van der Waals surface area (Å²) in [5.74, 6) is 1.59. The van der Waals surface area contributed by atoms with Crippen molar-refractivity contribution in [3.8, 4) is 0 Å². The lowest BCUT2D eigenvalue weighted by Gasteiger charge is -2.32. The summed E-state index contributed by atoms with van der Waals surface area (Å²) in [5.41, 5.74) is 1.95. The SMILES string of the molecule is Cc1nc(N[C@H]2CCCC[C@@H]2OCc2ccccc2)c2cccnc2n1. The number of rotatable bonds is 5. The van der Waals surface area contributed by atoms with Crippen molar-refractivity contribution in [3.05, 3.63) is 60.0 Å². The van der Waals surface area contributed by atoms with Crippen LogP contribution >= 0.6 is 0 Å². The van der Waals surface area contributed by atoms with Crippen molar-refractivity contribution in [1.29, 1.82) is 0 Å². The lowest BCUT2D eigenvalue weighted by atomic mass is 9.92. The van der Waals surface area contributed by atoms with Crippen molar-refractivity contribution in [3.63, 3.8) is 0 Å². The Hall–Kier alpha value is -2.53. The molecule has 1 fully saturated rings. The zero-order valence-corrected chi connectivity index (χ0v) is 15.1. The molecular weight excluding hydrogens is 324 g/mol. The molecule has 0 saturated heterocycles. The molecule has 0 bridgehead atoms. The Morgan fingerprint density at radius 1 is 1.04 bits per heavy atom. The lowest BCUT2D eigenvalue weighted by Crippen LogP contribution is -2.38. The molecule has 26 heavy (non-hydrogen) atoms. The first kappa shape index (κ1) is 16.9. The van der Waals surface area contributed by atoms with Crippen molar-refractivity contribution in [2.45, 2.75) is 51.4 Å². The maximum Gasteiger partial charge on any atom is 0.164 e. The van der Waals surface area contributed by atoms with Crippen LogP contribution in [0.2, 0.25) is 0 Å². The van der Waals surface area contributed by atoms with Gasteiger partial charge in [-0.3, -0.25) is 0 Å². The van der Waals surface area contributed by atoms with Crippen molar-refractivity contribution >= 4 is 16.9 Å². The van der Waals surface area contributed by atoms with Gasteiger partial charge in [0, 0.05) is 6.20 Å². The Bertz CT molecular complexity index is 868. The van der Waals surface area contributed by atoms with Crippen LogP contribution in [-0.4, -0.2) is 27.1 Å². The lowest BCUT2D eigenvalue weighted by molar-refractivity contribution is 0.00878. The largest absolute Gasteiger partial charge is 0.371 e. The highest BCUT2D eigenvalue weighted by Gasteiger charge is 2.26. The van der Waals surface area contributed by atoms with Gasteiger partial charge in [-0.05, 0) is 37.5 Å². The van der Waals surface area contributed by atoms with Gasteiger partial charge >= 0.3 is 0 Å². The fraction of sp³-hybridized carbons (Fsp3) is 0.381. The molecule has 1 saturated carbocycles. The molecule has 1 N–H and O–H groups in total. The van der Waals surface area contributed by atoms with E-state index in [1.807, 2.05) is 25.1 Å². The molecule has 5 heteroatoms. The highest BCUT2D eigenvalue weighted by Crippen LogP contribution is 2.27. The zero-order valence-electron chi connectivity index (χ0n) is 15.1. The van der Waals surface area contributed by atoms with Crippen LogP contribution in [0, 0.1) is 6.92 Å². The van der Waals surface area contributed by atoms with Gasteiger partial charge in [0.2, 0.25) is 0 Å². The number of ether oxygens (including phenoxy) is 1. The molecule has 2 aromatic heterocycles. The van der Waals surface area contributed by atoms with Gasteiger partial charge in [0.1, 0.15) is 11.6 Å². The molecule has 0 radical (unpaired) electrons. The van der Waals surface area contributed by atoms with Crippen molar-refractivity contribution in [2.75, 3.05) is 5.32 Å². The number of hydrogen-bond acceptors (Lipinski definition) is 5. The van der Waals surface area contributed by atoms with Crippen LogP contribution in [0.5, 0.6) is 0 Å². The summed E-state index contributed by atoms with van der Waals surface area (Å²) < 4.78 is 6.27. The molecule has 1 aromatic carbocycles. The molecule has 1 aliphatic carbocycles. The third kappa shape index (κ3) is 3.83. The van der Waals surface area contributed by atoms with Crippen LogP contribution in [0.3, 0.4) is 0 Å². The fourth-order valence-electron chi connectivity index (χ4n) is 3.60. The normalized spacial score (nSPS) is 20.2. The molecule has 3 aromatic rings. The Morgan fingerprint density at radius 3 is 2.77 bits per heavy atom. The second kappa shape index (κ2) is 7.79. The summed E-state index contributed by atoms with van der Waals surface area (Å²) in [6.45, 7) is 2.55. The quantitative estimate of drug-likeness (QED) is 0.746. The summed E-state index contributed by atoms with van der Waals surface area (Å²) in [5, 5.41) is 4.60. The maximum atomic E-state index is 6.27. The predicted octanol–water partition coefficient (Wildman–Crippen LogP) is 4.27. The van der Waals surface area contributed by atoms with Gasteiger partial charge in [-0.2, -0.15) is 0 Å². The standard InChI is InChI=1S/C21H24N4O/c1-15-23-20-17(10-7-13-22-20)21(24-15)25-18-11-5-6-12-19(18)26-14-16-8-3-2-4-9-16/h2-4,7-10,13,18-19H,5-6,11-12,14H2,1H3,(H,22,23,24,25)/t18-,19-/m0/s1. The van der Waals surface area contributed by atoms with E-state index in [9.17, 15) is 0 Å². The molecule has 0 unspecified atom stereocenters. The number of nitrogens with one attached hydrogen (secondary N) is 1. The Labute approximate surface area is 153 Å². The van der Waals surface area contributed by atoms with Gasteiger partial charge in [0.05, 0.1) is 24.1 Å². The number of nitrogens with zero attached hydrogens (tertiary/aromatic N) is 3. The number of fused-ring (bicyclic) bond motifs is 1. The minimum Gasteiger partial charge on any atom is -0.371 e. The van der Waals surface area contributed by atoms with Gasteiger partial charge in [0.15, 0.2) is 5.65 Å². The van der Waals surface area contributed by atoms with Crippen LogP contribution in [0.15, 0.2) is 48.7 Å². The van der Waals surface area contributed by atoms with E-state index in [2.05, 4.69) is 44.5 Å². The third-order valence-electron chi connectivity index (χ3n) is 4.91. The van der Waals surface area contributed by atoms with Gasteiger partial charge in [-0.15, -0.1) is 0 Å². The monoisotopic (exact) mass is 348 g/mol. The van der Waals surface area contributed by atoms with Crippen LogP contribution in [0.4, 0.5) is 5.82 Å². The van der Waals surface area contributed by atoms with E-state index in [0.29, 0.717) is 6.61 Å². The number of aryl methyl sites for hydroxylation is 1. The van der Waals surface area contributed by atoms with E-state index in [1.165, 1.54) is 18.4 Å². The third-order valence-corrected chi connectivity index (χ3v) is 4.91. The van der Waals surface area contributed by atoms with Gasteiger partial charge < -0.3 is 10.1 Å². The first-order valence-corrected chi connectivity index (χ1v) is 9.31. The van der Waals surface area contributed by atoms with Crippen LogP contribution in [-0.2, 0) is 11.3 Å². The van der Waals surface area contributed by atoms with Crippen molar-refractivity contribution < 1.29 is 4.74 Å². The molecule has 0 spiro atoms. The molecule has 5 nitrogen and oxygen atoms in total. The first-order valence-electron chi connectivity index (χ1n) is 9.31. The number of pyridine rings is 1. The van der Waals surface area contributed by atoms with E-state index in [-0.39, 0.29) is 12.1 Å². The van der Waals surface area contributed by atoms with Gasteiger partial charge in [0.25, 0.3) is 0 Å². The van der Waals surface area contributed by atoms with Gasteiger partial charge in [-0.25, -0.2) is 15.0 Å². The number of anilines is 1. The van der Waals surface area contributed by atoms with E-state index in [4.69, 9.17) is 4.74 Å². The van der Waals surface area contributed by atoms with Gasteiger partial charge in [-0.1, -0.05) is 43.2 Å². The molecule has 4 rings (SSSR count). The maximum absolute atomic E-state index is 6.27. The van der Waals surface area contributed by atoms with E-state index >= 15 is 0 Å². The molecule has 0 aliphatic heterocycles. The summed E-state index contributed by atoms with van der Waals surface area (Å²) in [6, 6.07) is 14.6. The average Bonchev–Trinajstić information content (AvgIpc) is 2.68. The molecule has 0 amide bonds. The fourth-order valence-corrected chi connectivity index (χ4v) is 3.60. The molecule has 2 heterocycles. The highest BCUT2D eigenvalue weighted by atomic mass is 16.5. The van der Waals surface area contributed by atoms with Crippen molar-refractivity contribution in [1.82, 2.24) is 15.0 Å². The summed E-state index contributed by atoms with van der Waals surface area (Å²) in [7, 11) is 0. The molecule has 134 valence electrons. The molecule has 2 atom stereocenters. The minimum absolute atomic E-state index is 0.186. The van der Waals surface area contributed by atoms with E-state index in [0.717, 1.165) is 35.5 Å². The number of aromatic nitrogens is 3. The summed E-state index contributed by atoms with van der Waals surface area (Å²) in [4.78, 5) is 13.4. The number of hydrogen-bond donors (Lipinski definition) is 1. The van der Waals surface area contributed by atoms with E-state index < -0.39 is 0 Å². The van der Waals surface area contributed by atoms with E-state index in [1.54, 1.807) is 6.20 Å². The Morgan fingerprint density at radius 2 is 1.88 bits per heavy atom. The average molecular weight is 348 g/mol. The van der Waals surface area contributed by atoms with Crippen molar-refractivity contribution in [2.24, 2.45) is 0 Å². The summed E-state index contributed by atoms with van der Waals surface area (Å²) in [6.07, 6.45) is 6.54. The Balaban J connectivity index is 1.52. The molecular formula is C21H24N4O. The van der Waals surface area contributed by atoms with Crippen LogP contribution < -0.4 is 5.32 Å². The summed E-state index contributed by atoms with van der Waals surface area (Å²) >= 11 is 0. The Kier molecular flexibility index (Phi) is 5.07. The van der Waals surface area contributed by atoms with Crippen LogP contribution in [0.1, 0.15) is 37.1 Å². The second-order valence-corrected chi connectivity index (χ2v) is 6.86. The van der Waals surface area contributed by atoms with Crippen LogP contribution in [0.25, 0.3) is 11.0 Å². The predicted molar refractivity (Wildman–Crippen MR) is 103 cm³/mol. The minimum atomic E-state index is 0.186. The number of benzene rings is 1. The topological polar surface area (TPSA) is 59.9 Å². The smallest absolute Gasteiger partial charge is 0.164 e. The highest BCUT2D eigenvalue weighted by molar-refractivity contribution is 5.86.